The molecule has 2 heterocycles. The van der Waals surface area contributed by atoms with Gasteiger partial charge in [0.2, 0.25) is 5.91 Å². The predicted octanol–water partition coefficient (Wildman–Crippen LogP) is 4.13. The van der Waals surface area contributed by atoms with Crippen LogP contribution in [0.25, 0.3) is 0 Å². The molecule has 25 heavy (non-hydrogen) atoms. The lowest BCUT2D eigenvalue weighted by Gasteiger charge is -2.33. The van der Waals surface area contributed by atoms with Gasteiger partial charge in [0.1, 0.15) is 0 Å². The average Bonchev–Trinajstić information content (AvgIpc) is 3.15. The van der Waals surface area contributed by atoms with Crippen molar-refractivity contribution in [1.29, 1.82) is 0 Å². The lowest BCUT2D eigenvalue weighted by molar-refractivity contribution is -0.123. The van der Waals surface area contributed by atoms with E-state index in [2.05, 4.69) is 28.4 Å². The van der Waals surface area contributed by atoms with Gasteiger partial charge >= 0.3 is 0 Å². The third-order valence-corrected chi connectivity index (χ3v) is 5.67. The van der Waals surface area contributed by atoms with Crippen molar-refractivity contribution >= 4 is 17.5 Å². The molecular weight excluding hydrogens is 332 g/mol. The van der Waals surface area contributed by atoms with Gasteiger partial charge in [0.05, 0.1) is 12.0 Å². The van der Waals surface area contributed by atoms with E-state index in [1.165, 1.54) is 37.1 Å². The molecule has 0 aromatic heterocycles. The largest absolute Gasteiger partial charge is 0.345 e. The number of nitrogens with one attached hydrogen (secondary N) is 1. The summed E-state index contributed by atoms with van der Waals surface area (Å²) in [4.78, 5) is 15.3. The number of carbonyl (C=O) groups excluding carboxylic acids is 1. The number of benzene rings is 2. The Morgan fingerprint density at radius 2 is 1.68 bits per heavy atom. The van der Waals surface area contributed by atoms with Gasteiger partial charge in [-0.2, -0.15) is 0 Å². The molecule has 0 radical (unpaired) electrons. The quantitative estimate of drug-likeness (QED) is 0.895. The second-order valence-corrected chi connectivity index (χ2v) is 7.45. The molecule has 4 heteroatoms. The van der Waals surface area contributed by atoms with Crippen LogP contribution < -0.4 is 5.32 Å². The smallest absolute Gasteiger partial charge is 0.228 e. The molecule has 4 rings (SSSR count). The number of fused-ring (bicyclic) bond motifs is 1. The van der Waals surface area contributed by atoms with Crippen LogP contribution in [0.5, 0.6) is 0 Å². The Balaban J connectivity index is 1.61. The topological polar surface area (TPSA) is 32.3 Å². The minimum atomic E-state index is -0.0935. The van der Waals surface area contributed by atoms with Gasteiger partial charge in [0, 0.05) is 5.02 Å². The highest BCUT2D eigenvalue weighted by molar-refractivity contribution is 6.30. The molecule has 3 nitrogen and oxygen atoms in total. The first kappa shape index (κ1) is 16.6. The molecule has 2 aliphatic rings. The maximum atomic E-state index is 12.9. The third-order valence-electron chi connectivity index (χ3n) is 5.42. The van der Waals surface area contributed by atoms with Gasteiger partial charge < -0.3 is 10.2 Å². The lowest BCUT2D eigenvalue weighted by atomic mass is 9.82. The van der Waals surface area contributed by atoms with E-state index in [0.717, 1.165) is 18.5 Å². The monoisotopic (exact) mass is 354 g/mol. The highest BCUT2D eigenvalue weighted by atomic mass is 35.5. The number of carbonyl (C=O) groups is 1. The first-order chi connectivity index (χ1) is 12.2. The Morgan fingerprint density at radius 3 is 2.40 bits per heavy atom. The number of likely N-dealkylation sites (tertiary alicyclic amines) is 1. The van der Waals surface area contributed by atoms with E-state index in [-0.39, 0.29) is 17.9 Å². The normalized spacial score (nSPS) is 23.3. The van der Waals surface area contributed by atoms with Gasteiger partial charge in [-0.15, -0.1) is 0 Å². The summed E-state index contributed by atoms with van der Waals surface area (Å²) >= 11 is 6.01. The molecule has 0 saturated carbocycles. The van der Waals surface area contributed by atoms with E-state index in [1.54, 1.807) is 0 Å². The number of amides is 1. The number of hydrogen-bond donors (Lipinski definition) is 1. The number of halogens is 1. The standard InChI is InChI=1S/C21H23ClN2O/c22-16-9-7-15(8-10-16)20-18-6-2-1-5-17(18)19(21(25)23-20)11-14-24-12-3-4-13-24/h1-2,5-10,19-20H,3-4,11-14H2,(H,23,25). The molecule has 0 spiro atoms. The van der Waals surface area contributed by atoms with Gasteiger partial charge in [-0.3, -0.25) is 4.79 Å². The van der Waals surface area contributed by atoms with Crippen LogP contribution in [0.3, 0.4) is 0 Å². The van der Waals surface area contributed by atoms with Crippen LogP contribution in [0, 0.1) is 0 Å². The summed E-state index contributed by atoms with van der Waals surface area (Å²) in [6, 6.07) is 16.0. The van der Waals surface area contributed by atoms with Crippen molar-refractivity contribution in [3.8, 4) is 0 Å². The third kappa shape index (κ3) is 3.44. The SMILES string of the molecule is O=C1NC(c2ccc(Cl)cc2)c2ccccc2C1CCN1CCCC1. The lowest BCUT2D eigenvalue weighted by Crippen LogP contribution is -2.40. The summed E-state index contributed by atoms with van der Waals surface area (Å²) in [6.45, 7) is 3.34. The number of rotatable bonds is 4. The molecule has 2 atom stereocenters. The van der Waals surface area contributed by atoms with Crippen molar-refractivity contribution in [1.82, 2.24) is 10.2 Å². The summed E-state index contributed by atoms with van der Waals surface area (Å²) in [6.07, 6.45) is 3.45. The van der Waals surface area contributed by atoms with E-state index >= 15 is 0 Å². The number of hydrogen-bond acceptors (Lipinski definition) is 2. The molecule has 2 aromatic rings. The van der Waals surface area contributed by atoms with Gasteiger partial charge in [0.25, 0.3) is 0 Å². The number of nitrogens with zero attached hydrogens (tertiary/aromatic N) is 1. The maximum absolute atomic E-state index is 12.9. The van der Waals surface area contributed by atoms with Crippen LogP contribution >= 0.6 is 11.6 Å². The molecule has 0 bridgehead atoms. The first-order valence-corrected chi connectivity index (χ1v) is 9.47. The molecule has 1 amide bonds. The molecular formula is C21H23ClN2O. The van der Waals surface area contributed by atoms with Crippen LogP contribution in [0.4, 0.5) is 0 Å². The van der Waals surface area contributed by atoms with E-state index in [1.807, 2.05) is 30.3 Å². The fourth-order valence-electron chi connectivity index (χ4n) is 4.08. The molecule has 2 unspecified atom stereocenters. The van der Waals surface area contributed by atoms with Crippen molar-refractivity contribution in [3.63, 3.8) is 0 Å². The van der Waals surface area contributed by atoms with E-state index in [4.69, 9.17) is 11.6 Å². The fraction of sp³-hybridized carbons (Fsp3) is 0.381. The summed E-state index contributed by atoms with van der Waals surface area (Å²) in [5.41, 5.74) is 3.45. The van der Waals surface area contributed by atoms with Crippen molar-refractivity contribution in [2.24, 2.45) is 0 Å². The van der Waals surface area contributed by atoms with Crippen molar-refractivity contribution < 1.29 is 4.79 Å². The second-order valence-electron chi connectivity index (χ2n) is 7.01. The summed E-state index contributed by atoms with van der Waals surface area (Å²) in [5.74, 6) is 0.0817. The van der Waals surface area contributed by atoms with E-state index in [9.17, 15) is 4.79 Å². The Kier molecular flexibility index (Phi) is 4.78. The van der Waals surface area contributed by atoms with E-state index in [0.29, 0.717) is 5.02 Å². The Hall–Kier alpha value is -1.84. The molecule has 1 saturated heterocycles. The molecule has 2 aliphatic heterocycles. The Bertz CT molecular complexity index is 753. The Labute approximate surface area is 154 Å². The van der Waals surface area contributed by atoms with Gasteiger partial charge in [-0.05, 0) is 67.7 Å². The van der Waals surface area contributed by atoms with Gasteiger partial charge in [0.15, 0.2) is 0 Å². The van der Waals surface area contributed by atoms with Crippen LogP contribution in [0.1, 0.15) is 47.9 Å². The van der Waals surface area contributed by atoms with Crippen molar-refractivity contribution in [2.75, 3.05) is 19.6 Å². The van der Waals surface area contributed by atoms with Crippen molar-refractivity contribution in [3.05, 3.63) is 70.2 Å². The van der Waals surface area contributed by atoms with E-state index < -0.39 is 0 Å². The summed E-state index contributed by atoms with van der Waals surface area (Å²) < 4.78 is 0. The molecule has 1 fully saturated rings. The minimum Gasteiger partial charge on any atom is -0.345 e. The first-order valence-electron chi connectivity index (χ1n) is 9.09. The average molecular weight is 355 g/mol. The zero-order valence-corrected chi connectivity index (χ0v) is 15.0. The fourth-order valence-corrected chi connectivity index (χ4v) is 4.20. The molecule has 130 valence electrons. The molecule has 0 aliphatic carbocycles. The maximum Gasteiger partial charge on any atom is 0.228 e. The molecule has 2 aromatic carbocycles. The van der Waals surface area contributed by atoms with Crippen LogP contribution in [0.2, 0.25) is 5.02 Å². The van der Waals surface area contributed by atoms with Crippen LogP contribution in [0.15, 0.2) is 48.5 Å². The zero-order valence-electron chi connectivity index (χ0n) is 14.2. The van der Waals surface area contributed by atoms with Crippen LogP contribution in [-0.2, 0) is 4.79 Å². The highest BCUT2D eigenvalue weighted by Crippen LogP contribution is 2.36. The van der Waals surface area contributed by atoms with Gasteiger partial charge in [-0.1, -0.05) is 48.0 Å². The van der Waals surface area contributed by atoms with Crippen LogP contribution in [-0.4, -0.2) is 30.4 Å². The summed E-state index contributed by atoms with van der Waals surface area (Å²) in [7, 11) is 0. The van der Waals surface area contributed by atoms with Crippen molar-refractivity contribution in [2.45, 2.75) is 31.2 Å². The second kappa shape index (κ2) is 7.19. The minimum absolute atomic E-state index is 0.0552. The Morgan fingerprint density at radius 1 is 1.00 bits per heavy atom. The molecule has 1 N–H and O–H groups in total. The summed E-state index contributed by atoms with van der Waals surface area (Å²) in [5, 5.41) is 3.94. The highest BCUT2D eigenvalue weighted by Gasteiger charge is 2.33. The predicted molar refractivity (Wildman–Crippen MR) is 101 cm³/mol. The zero-order chi connectivity index (χ0) is 17.2. The van der Waals surface area contributed by atoms with Gasteiger partial charge in [-0.25, -0.2) is 0 Å².